The van der Waals surface area contributed by atoms with Gasteiger partial charge in [0.05, 0.1) is 13.2 Å². The Hall–Kier alpha value is -1.92. The molecule has 5 rings (SSSR count). The second-order valence-corrected chi connectivity index (χ2v) is 11.4. The van der Waals surface area contributed by atoms with Crippen molar-refractivity contribution in [3.8, 4) is 0 Å². The smallest absolute Gasteiger partial charge is 0.254 e. The maximum absolute atomic E-state index is 12.6. The molecular weight excluding hydrogens is 428 g/mol. The fraction of sp³-hybridized carbons (Fsp3) is 0.714. The van der Waals surface area contributed by atoms with Gasteiger partial charge in [0, 0.05) is 25.2 Å². The Bertz CT molecular complexity index is 862. The normalized spacial score (nSPS) is 31.2. The number of aliphatic hydroxyl groups is 1. The fourth-order valence-electron chi connectivity index (χ4n) is 7.41. The standard InChI is InChI=1S/C28H40N2O4/c31-25(8-10-28-17-21-2-1-3-23(18-28)24(16-21)19-28)26(32)29-11-9-20-4-6-22(7-5-20)27(33)30-12-14-34-15-13-30/h4-7,21,23-25,31H,1-3,8-19H2,(H,29,32). The van der Waals surface area contributed by atoms with Gasteiger partial charge in [-0.2, -0.15) is 0 Å². The first-order chi connectivity index (χ1) is 16.5. The number of nitrogens with one attached hydrogen (secondary N) is 1. The number of morpholine rings is 1. The lowest BCUT2D eigenvalue weighted by Crippen LogP contribution is -2.40. The van der Waals surface area contributed by atoms with Crippen LogP contribution in [-0.2, 0) is 16.0 Å². The van der Waals surface area contributed by atoms with Gasteiger partial charge >= 0.3 is 0 Å². The third kappa shape index (κ3) is 5.33. The predicted molar refractivity (Wildman–Crippen MR) is 130 cm³/mol. The molecule has 5 atom stereocenters. The zero-order valence-corrected chi connectivity index (χ0v) is 20.3. The zero-order chi connectivity index (χ0) is 23.5. The van der Waals surface area contributed by atoms with E-state index in [1.165, 1.54) is 44.9 Å². The van der Waals surface area contributed by atoms with E-state index in [-0.39, 0.29) is 11.8 Å². The van der Waals surface area contributed by atoms with E-state index < -0.39 is 6.10 Å². The van der Waals surface area contributed by atoms with E-state index in [9.17, 15) is 14.7 Å². The van der Waals surface area contributed by atoms with E-state index in [0.717, 1.165) is 29.7 Å². The van der Waals surface area contributed by atoms with Crippen LogP contribution in [0.25, 0.3) is 0 Å². The maximum atomic E-state index is 12.6. The van der Waals surface area contributed by atoms with Crippen LogP contribution in [0.3, 0.4) is 0 Å². The van der Waals surface area contributed by atoms with Crippen LogP contribution in [0.4, 0.5) is 0 Å². The fourth-order valence-corrected chi connectivity index (χ4v) is 7.41. The largest absolute Gasteiger partial charge is 0.383 e. The van der Waals surface area contributed by atoms with Gasteiger partial charge in [0.1, 0.15) is 6.10 Å². The van der Waals surface area contributed by atoms with E-state index >= 15 is 0 Å². The number of hydrogen-bond donors (Lipinski definition) is 2. The van der Waals surface area contributed by atoms with E-state index in [4.69, 9.17) is 4.74 Å². The van der Waals surface area contributed by atoms with Gasteiger partial charge in [-0.15, -0.1) is 0 Å². The molecule has 186 valence electrons. The Labute approximate surface area is 203 Å². The Morgan fingerprint density at radius 1 is 1.09 bits per heavy atom. The molecule has 1 aliphatic heterocycles. The number of fused-ring (bicyclic) bond motifs is 2. The lowest BCUT2D eigenvalue weighted by Gasteiger charge is -2.38. The van der Waals surface area contributed by atoms with Crippen LogP contribution >= 0.6 is 0 Å². The Kier molecular flexibility index (Phi) is 7.26. The Balaban J connectivity index is 1.04. The number of amides is 2. The highest BCUT2D eigenvalue weighted by Crippen LogP contribution is 2.61. The molecule has 5 unspecified atom stereocenters. The molecule has 0 radical (unpaired) electrons. The molecule has 0 aromatic heterocycles. The highest BCUT2D eigenvalue weighted by Gasteiger charge is 2.51. The van der Waals surface area contributed by atoms with Crippen molar-refractivity contribution in [1.82, 2.24) is 10.2 Å². The summed E-state index contributed by atoms with van der Waals surface area (Å²) < 4.78 is 5.31. The van der Waals surface area contributed by atoms with Crippen LogP contribution in [0, 0.1) is 23.2 Å². The Morgan fingerprint density at radius 2 is 1.85 bits per heavy atom. The minimum Gasteiger partial charge on any atom is -0.383 e. The first-order valence-electron chi connectivity index (χ1n) is 13.4. The van der Waals surface area contributed by atoms with E-state index in [2.05, 4.69) is 5.32 Å². The van der Waals surface area contributed by atoms with Gasteiger partial charge in [-0.05, 0) is 85.8 Å². The van der Waals surface area contributed by atoms with Gasteiger partial charge in [0.2, 0.25) is 5.91 Å². The summed E-state index contributed by atoms with van der Waals surface area (Å²) >= 11 is 0. The summed E-state index contributed by atoms with van der Waals surface area (Å²) in [5, 5.41) is 13.4. The van der Waals surface area contributed by atoms with Crippen molar-refractivity contribution >= 4 is 11.8 Å². The molecule has 3 bridgehead atoms. The van der Waals surface area contributed by atoms with Gasteiger partial charge in [-0.3, -0.25) is 9.59 Å². The topological polar surface area (TPSA) is 78.9 Å². The molecule has 6 nitrogen and oxygen atoms in total. The third-order valence-corrected chi connectivity index (χ3v) is 9.06. The minimum absolute atomic E-state index is 0.0425. The molecule has 1 heterocycles. The minimum atomic E-state index is -0.913. The molecule has 6 heteroatoms. The maximum Gasteiger partial charge on any atom is 0.254 e. The van der Waals surface area contributed by atoms with Crippen LogP contribution in [0.2, 0.25) is 0 Å². The summed E-state index contributed by atoms with van der Waals surface area (Å²) in [6, 6.07) is 7.62. The first-order valence-corrected chi connectivity index (χ1v) is 13.4. The monoisotopic (exact) mass is 468 g/mol. The lowest BCUT2D eigenvalue weighted by atomic mass is 9.67. The summed E-state index contributed by atoms with van der Waals surface area (Å²) in [6.07, 6.45) is 10.9. The number of nitrogens with zero attached hydrogens (tertiary/aromatic N) is 1. The van der Waals surface area contributed by atoms with Crippen molar-refractivity contribution in [3.05, 3.63) is 35.4 Å². The van der Waals surface area contributed by atoms with Gasteiger partial charge in [0.15, 0.2) is 0 Å². The molecule has 3 aliphatic carbocycles. The van der Waals surface area contributed by atoms with Crippen LogP contribution in [0.1, 0.15) is 73.7 Å². The molecule has 4 aliphatic rings. The number of carbonyl (C=O) groups excluding carboxylic acids is 2. The van der Waals surface area contributed by atoms with Gasteiger partial charge in [0.25, 0.3) is 5.91 Å². The number of carbonyl (C=O) groups is 2. The van der Waals surface area contributed by atoms with Crippen molar-refractivity contribution in [2.45, 2.75) is 70.3 Å². The molecule has 4 fully saturated rings. The predicted octanol–water partition coefficient (Wildman–Crippen LogP) is 3.57. The zero-order valence-electron chi connectivity index (χ0n) is 20.3. The SMILES string of the molecule is O=C(NCCc1ccc(C(=O)N2CCOCC2)cc1)C(O)CCC12CC3CCCC(C1)C(C3)C2. The molecule has 2 N–H and O–H groups in total. The molecule has 2 amide bonds. The van der Waals surface area contributed by atoms with Gasteiger partial charge in [-0.1, -0.05) is 31.4 Å². The number of ether oxygens (including phenoxy) is 1. The average molecular weight is 469 g/mol. The van der Waals surface area contributed by atoms with Crippen LogP contribution in [0.15, 0.2) is 24.3 Å². The van der Waals surface area contributed by atoms with Crippen molar-refractivity contribution in [2.75, 3.05) is 32.8 Å². The number of aliphatic hydroxyl groups excluding tert-OH is 1. The number of benzene rings is 1. The van der Waals surface area contributed by atoms with Gasteiger partial charge in [-0.25, -0.2) is 0 Å². The first kappa shape index (κ1) is 23.8. The molecule has 3 saturated carbocycles. The highest BCUT2D eigenvalue weighted by molar-refractivity contribution is 5.94. The molecule has 1 aromatic carbocycles. The lowest BCUT2D eigenvalue weighted by molar-refractivity contribution is -0.130. The molecule has 34 heavy (non-hydrogen) atoms. The average Bonchev–Trinajstić information content (AvgIpc) is 3.02. The second-order valence-electron chi connectivity index (χ2n) is 11.4. The summed E-state index contributed by atoms with van der Waals surface area (Å²) in [5.41, 5.74) is 2.14. The van der Waals surface area contributed by atoms with Crippen LogP contribution in [-0.4, -0.2) is 60.8 Å². The van der Waals surface area contributed by atoms with E-state index in [1.54, 1.807) is 0 Å². The summed E-state index contributed by atoms with van der Waals surface area (Å²) in [4.78, 5) is 26.9. The number of hydrogen-bond acceptors (Lipinski definition) is 4. The van der Waals surface area contributed by atoms with Crippen LogP contribution < -0.4 is 5.32 Å². The Morgan fingerprint density at radius 3 is 2.65 bits per heavy atom. The molecule has 1 aromatic rings. The quantitative estimate of drug-likeness (QED) is 0.611. The van der Waals surface area contributed by atoms with Gasteiger partial charge < -0.3 is 20.1 Å². The van der Waals surface area contributed by atoms with Crippen molar-refractivity contribution in [3.63, 3.8) is 0 Å². The molecular formula is C28H40N2O4. The van der Waals surface area contributed by atoms with Crippen molar-refractivity contribution in [2.24, 2.45) is 23.2 Å². The molecule has 1 saturated heterocycles. The number of rotatable bonds is 8. The highest BCUT2D eigenvalue weighted by atomic mass is 16.5. The van der Waals surface area contributed by atoms with E-state index in [1.807, 2.05) is 29.2 Å². The molecule has 0 spiro atoms. The third-order valence-electron chi connectivity index (χ3n) is 9.06. The summed E-state index contributed by atoms with van der Waals surface area (Å²) in [6.45, 7) is 2.95. The van der Waals surface area contributed by atoms with Crippen LogP contribution in [0.5, 0.6) is 0 Å². The van der Waals surface area contributed by atoms with Crippen molar-refractivity contribution < 1.29 is 19.4 Å². The van der Waals surface area contributed by atoms with Crippen molar-refractivity contribution in [1.29, 1.82) is 0 Å². The van der Waals surface area contributed by atoms with E-state index in [0.29, 0.717) is 56.7 Å². The summed E-state index contributed by atoms with van der Waals surface area (Å²) in [5.74, 6) is 2.48. The summed E-state index contributed by atoms with van der Waals surface area (Å²) in [7, 11) is 0. The second kappa shape index (κ2) is 10.4.